The maximum absolute atomic E-state index is 14.2. The number of rotatable bonds is 9. The molecule has 0 heterocycles. The molecule has 0 saturated carbocycles. The Balaban J connectivity index is 1.48. The monoisotopic (exact) mass is 631 g/mol. The number of halogens is 2. The van der Waals surface area contributed by atoms with Gasteiger partial charge in [0.15, 0.2) is 0 Å². The lowest BCUT2D eigenvalue weighted by Crippen LogP contribution is -2.30. The maximum Gasteiger partial charge on any atom is 0.272 e. The van der Waals surface area contributed by atoms with Crippen molar-refractivity contribution in [1.29, 1.82) is 0 Å². The SMILES string of the molecule is Cc1ccccc1/C=C(\NC(=O)c1ccccc1)C(=O)Nc1cccc(SC(C)C(=O)Nc2ccc(Br)cc2F)c1. The zero-order valence-corrected chi connectivity index (χ0v) is 24.7. The number of hydrogen-bond donors (Lipinski definition) is 3. The molecule has 3 N–H and O–H groups in total. The van der Waals surface area contributed by atoms with Crippen molar-refractivity contribution in [2.24, 2.45) is 0 Å². The van der Waals surface area contributed by atoms with Gasteiger partial charge in [-0.1, -0.05) is 64.5 Å². The zero-order chi connectivity index (χ0) is 29.4. The van der Waals surface area contributed by atoms with Crippen LogP contribution in [0, 0.1) is 12.7 Å². The lowest BCUT2D eigenvalue weighted by Gasteiger charge is -2.14. The maximum atomic E-state index is 14.2. The van der Waals surface area contributed by atoms with Crippen molar-refractivity contribution in [2.45, 2.75) is 24.0 Å². The fourth-order valence-electron chi connectivity index (χ4n) is 3.78. The third-order valence-corrected chi connectivity index (χ3v) is 7.57. The summed E-state index contributed by atoms with van der Waals surface area (Å²) in [6.07, 6.45) is 1.64. The second-order valence-corrected chi connectivity index (χ2v) is 11.4. The molecule has 4 rings (SSSR count). The third-order valence-electron chi connectivity index (χ3n) is 5.98. The van der Waals surface area contributed by atoms with Crippen LogP contribution in [-0.4, -0.2) is 23.0 Å². The van der Waals surface area contributed by atoms with Gasteiger partial charge in [-0.15, -0.1) is 11.8 Å². The van der Waals surface area contributed by atoms with Gasteiger partial charge in [-0.2, -0.15) is 0 Å². The number of carbonyl (C=O) groups excluding carboxylic acids is 3. The molecule has 4 aromatic rings. The van der Waals surface area contributed by atoms with Crippen LogP contribution in [0.4, 0.5) is 15.8 Å². The Morgan fingerprint density at radius 2 is 1.61 bits per heavy atom. The van der Waals surface area contributed by atoms with E-state index in [1.165, 1.54) is 23.9 Å². The number of carbonyl (C=O) groups is 3. The summed E-state index contributed by atoms with van der Waals surface area (Å²) in [4.78, 5) is 39.7. The van der Waals surface area contributed by atoms with Gasteiger partial charge in [-0.3, -0.25) is 14.4 Å². The number of nitrogens with one attached hydrogen (secondary N) is 3. The van der Waals surface area contributed by atoms with Crippen LogP contribution in [0.25, 0.3) is 6.08 Å². The van der Waals surface area contributed by atoms with Gasteiger partial charge in [0.05, 0.1) is 10.9 Å². The Kier molecular flexibility index (Phi) is 10.1. The Hall–Kier alpha value is -4.21. The molecule has 6 nitrogen and oxygen atoms in total. The van der Waals surface area contributed by atoms with Crippen LogP contribution in [-0.2, 0) is 9.59 Å². The van der Waals surface area contributed by atoms with Crippen molar-refractivity contribution < 1.29 is 18.8 Å². The van der Waals surface area contributed by atoms with Crippen molar-refractivity contribution >= 4 is 62.9 Å². The first-order chi connectivity index (χ1) is 19.7. The van der Waals surface area contributed by atoms with Crippen molar-refractivity contribution in [2.75, 3.05) is 10.6 Å². The minimum Gasteiger partial charge on any atom is -0.323 e. The first kappa shape index (κ1) is 29.8. The van der Waals surface area contributed by atoms with Crippen LogP contribution in [0.5, 0.6) is 0 Å². The average Bonchev–Trinajstić information content (AvgIpc) is 2.95. The van der Waals surface area contributed by atoms with Crippen LogP contribution >= 0.6 is 27.7 Å². The van der Waals surface area contributed by atoms with Crippen LogP contribution in [0.3, 0.4) is 0 Å². The number of amides is 3. The Morgan fingerprint density at radius 1 is 0.878 bits per heavy atom. The molecule has 0 radical (unpaired) electrons. The van der Waals surface area contributed by atoms with Crippen molar-refractivity contribution in [3.8, 4) is 0 Å². The van der Waals surface area contributed by atoms with Gasteiger partial charge in [0, 0.05) is 20.6 Å². The first-order valence-corrected chi connectivity index (χ1v) is 14.3. The standard InChI is InChI=1S/C32H27BrFN3O3S/c1-20-9-6-7-12-23(20)17-29(37-31(39)22-10-4-3-5-11-22)32(40)35-25-13-8-14-26(19-25)41-21(2)30(38)36-28-16-15-24(33)18-27(28)34/h3-19,21H,1-2H3,(H,35,40)(H,36,38)(H,37,39)/b29-17-. The van der Waals surface area contributed by atoms with Crippen LogP contribution in [0.2, 0.25) is 0 Å². The highest BCUT2D eigenvalue weighted by atomic mass is 79.9. The van der Waals surface area contributed by atoms with Crippen molar-refractivity contribution in [3.05, 3.63) is 130 Å². The summed E-state index contributed by atoms with van der Waals surface area (Å²) in [5.74, 6) is -1.82. The van der Waals surface area contributed by atoms with Crippen molar-refractivity contribution in [3.63, 3.8) is 0 Å². The number of benzene rings is 4. The molecule has 0 saturated heterocycles. The quantitative estimate of drug-likeness (QED) is 0.132. The molecule has 0 aliphatic carbocycles. The van der Waals surface area contributed by atoms with E-state index in [1.807, 2.05) is 43.3 Å². The minimum atomic E-state index is -0.550. The van der Waals surface area contributed by atoms with Crippen LogP contribution in [0.1, 0.15) is 28.4 Å². The van der Waals surface area contributed by atoms with Gasteiger partial charge in [0.25, 0.3) is 11.8 Å². The lowest BCUT2D eigenvalue weighted by molar-refractivity contribution is -0.115. The van der Waals surface area contributed by atoms with E-state index in [1.54, 1.807) is 61.5 Å². The highest BCUT2D eigenvalue weighted by Gasteiger charge is 2.18. The molecule has 1 unspecified atom stereocenters. The predicted octanol–water partition coefficient (Wildman–Crippen LogP) is 7.43. The van der Waals surface area contributed by atoms with E-state index in [4.69, 9.17) is 0 Å². The Bertz CT molecular complexity index is 1610. The fourth-order valence-corrected chi connectivity index (χ4v) is 5.03. The number of aryl methyl sites for hydroxylation is 1. The molecule has 4 aromatic carbocycles. The molecule has 3 amide bonds. The number of thioether (sulfide) groups is 1. The summed E-state index contributed by atoms with van der Waals surface area (Å²) in [6.45, 7) is 3.63. The zero-order valence-electron chi connectivity index (χ0n) is 22.3. The number of anilines is 2. The van der Waals surface area contributed by atoms with Crippen LogP contribution in [0.15, 0.2) is 112 Å². The van der Waals surface area contributed by atoms with Gasteiger partial charge in [0.1, 0.15) is 11.5 Å². The Labute approximate surface area is 250 Å². The molecule has 0 bridgehead atoms. The van der Waals surface area contributed by atoms with E-state index >= 15 is 0 Å². The predicted molar refractivity (Wildman–Crippen MR) is 166 cm³/mol. The highest BCUT2D eigenvalue weighted by molar-refractivity contribution is 9.10. The molecule has 208 valence electrons. The largest absolute Gasteiger partial charge is 0.323 e. The molecule has 0 fully saturated rings. The molecule has 0 aliphatic rings. The second-order valence-electron chi connectivity index (χ2n) is 9.09. The Morgan fingerprint density at radius 3 is 2.34 bits per heavy atom. The minimum absolute atomic E-state index is 0.0791. The van der Waals surface area contributed by atoms with E-state index in [2.05, 4.69) is 31.9 Å². The van der Waals surface area contributed by atoms with Gasteiger partial charge >= 0.3 is 0 Å². The summed E-state index contributed by atoms with van der Waals surface area (Å²) in [6, 6.07) is 27.6. The third kappa shape index (κ3) is 8.39. The van der Waals surface area contributed by atoms with E-state index in [-0.39, 0.29) is 17.3 Å². The molecule has 0 aromatic heterocycles. The molecule has 9 heteroatoms. The van der Waals surface area contributed by atoms with Gasteiger partial charge < -0.3 is 16.0 Å². The molecule has 0 aliphatic heterocycles. The van der Waals surface area contributed by atoms with Gasteiger partial charge in [-0.25, -0.2) is 4.39 Å². The van der Waals surface area contributed by atoms with E-state index < -0.39 is 22.9 Å². The summed E-state index contributed by atoms with van der Waals surface area (Å²) in [5.41, 5.74) is 2.81. The van der Waals surface area contributed by atoms with Crippen molar-refractivity contribution in [1.82, 2.24) is 5.32 Å². The summed E-state index contributed by atoms with van der Waals surface area (Å²) in [5, 5.41) is 7.64. The summed E-state index contributed by atoms with van der Waals surface area (Å²) < 4.78 is 14.7. The van der Waals surface area contributed by atoms with Gasteiger partial charge in [-0.05, 0) is 79.6 Å². The first-order valence-electron chi connectivity index (χ1n) is 12.7. The molecule has 41 heavy (non-hydrogen) atoms. The molecular weight excluding hydrogens is 605 g/mol. The molecular formula is C32H27BrFN3O3S. The normalized spacial score (nSPS) is 11.9. The van der Waals surface area contributed by atoms with Crippen LogP contribution < -0.4 is 16.0 Å². The summed E-state index contributed by atoms with van der Waals surface area (Å²) >= 11 is 4.46. The van der Waals surface area contributed by atoms with E-state index in [9.17, 15) is 18.8 Å². The van der Waals surface area contributed by atoms with E-state index in [0.717, 1.165) is 16.0 Å². The van der Waals surface area contributed by atoms with E-state index in [0.29, 0.717) is 15.7 Å². The molecule has 1 atom stereocenters. The van der Waals surface area contributed by atoms with Gasteiger partial charge in [0.2, 0.25) is 5.91 Å². The molecule has 0 spiro atoms. The average molecular weight is 633 g/mol. The second kappa shape index (κ2) is 13.9. The lowest BCUT2D eigenvalue weighted by atomic mass is 10.1. The highest BCUT2D eigenvalue weighted by Crippen LogP contribution is 2.28. The fraction of sp³-hybridized carbons (Fsp3) is 0.0938. The topological polar surface area (TPSA) is 87.3 Å². The summed E-state index contributed by atoms with van der Waals surface area (Å²) in [7, 11) is 0. The number of hydrogen-bond acceptors (Lipinski definition) is 4. The smallest absolute Gasteiger partial charge is 0.272 e.